The van der Waals surface area contributed by atoms with Gasteiger partial charge < -0.3 is 33.7 Å². The maximum Gasteiger partial charge on any atom is 0.143 e. The molecule has 60 heavy (non-hydrogen) atoms. The maximum absolute atomic E-state index is 12.8. The van der Waals surface area contributed by atoms with E-state index in [0.717, 1.165) is 49.7 Å². The first-order chi connectivity index (χ1) is 29.6. The number of rotatable bonds is 17. The highest BCUT2D eigenvalue weighted by Gasteiger charge is 2.43. The summed E-state index contributed by atoms with van der Waals surface area (Å²) in [6.07, 6.45) is -1.71. The highest BCUT2D eigenvalue weighted by molar-refractivity contribution is 5.83. The second-order valence-electron chi connectivity index (χ2n) is 15.4. The van der Waals surface area contributed by atoms with Gasteiger partial charge in [-0.25, -0.2) is 0 Å². The molecule has 7 heteroatoms. The van der Waals surface area contributed by atoms with E-state index in [9.17, 15) is 9.90 Å². The molecule has 304 valence electrons. The highest BCUT2D eigenvalue weighted by Crippen LogP contribution is 2.43. The van der Waals surface area contributed by atoms with E-state index in [4.69, 9.17) is 18.9 Å². The lowest BCUT2D eigenvalue weighted by molar-refractivity contribution is -0.270. The molecule has 0 spiro atoms. The van der Waals surface area contributed by atoms with Crippen LogP contribution >= 0.6 is 0 Å². The van der Waals surface area contributed by atoms with Crippen LogP contribution in [-0.2, 0) is 44.4 Å². The number of carbonyl (C=O) groups excluding carboxylic acids is 1. The van der Waals surface area contributed by atoms with E-state index >= 15 is 0 Å². The number of ether oxygens (including phenoxy) is 4. The normalized spacial score (nSPS) is 16.8. The van der Waals surface area contributed by atoms with Crippen LogP contribution in [0.3, 0.4) is 0 Å². The van der Waals surface area contributed by atoms with Gasteiger partial charge in [0, 0.05) is 24.9 Å². The van der Waals surface area contributed by atoms with Crippen molar-refractivity contribution in [1.29, 1.82) is 0 Å². The largest absolute Gasteiger partial charge is 0.530 e. The molecule has 1 fully saturated rings. The third-order valence-electron chi connectivity index (χ3n) is 11.5. The average Bonchev–Trinajstić information content (AvgIpc) is 3.31. The fraction of sp³-hybridized carbons (Fsp3) is 0.226. The minimum absolute atomic E-state index is 0.173. The molecule has 0 radical (unpaired) electrons. The van der Waals surface area contributed by atoms with Crippen molar-refractivity contribution in [2.75, 3.05) is 32.9 Å². The molecule has 7 aromatic rings. The zero-order valence-corrected chi connectivity index (χ0v) is 33.7. The van der Waals surface area contributed by atoms with Crippen molar-refractivity contribution in [3.05, 3.63) is 227 Å². The summed E-state index contributed by atoms with van der Waals surface area (Å²) in [6, 6.07) is 63.9. The van der Waals surface area contributed by atoms with E-state index in [0.29, 0.717) is 33.0 Å². The molecule has 0 aromatic heterocycles. The Bertz CT molecular complexity index is 2300. The molecule has 1 heterocycles. The van der Waals surface area contributed by atoms with Gasteiger partial charge in [0.05, 0.1) is 45.7 Å². The van der Waals surface area contributed by atoms with Crippen molar-refractivity contribution in [3.63, 3.8) is 0 Å². The number of amides is 1. The zero-order valence-electron chi connectivity index (χ0n) is 33.7. The molecule has 1 amide bonds. The summed E-state index contributed by atoms with van der Waals surface area (Å²) in [6.45, 7) is 2.92. The number of hydrogen-bond donors (Lipinski definition) is 0. The second-order valence-corrected chi connectivity index (χ2v) is 15.4. The third-order valence-corrected chi connectivity index (χ3v) is 11.5. The number of piperidine rings is 1. The summed E-state index contributed by atoms with van der Waals surface area (Å²) >= 11 is 0. The first kappa shape index (κ1) is 40.7. The number of benzene rings is 7. The topological polar surface area (TPSA) is 80.3 Å². The SMILES string of the molecule is O=C([O-])N1CC(COC(c2ccccc2)(c2ccccc2)c2ccccc2)C(c2ccc(COCCOCc3ccccc3)cc2)C(OCc2ccc3ccccc3c2)C1. The van der Waals surface area contributed by atoms with Gasteiger partial charge in [-0.05, 0) is 55.8 Å². The van der Waals surface area contributed by atoms with E-state index in [2.05, 4.69) is 91.0 Å². The number of likely N-dealkylation sites (tertiary alicyclic amines) is 1. The fourth-order valence-corrected chi connectivity index (χ4v) is 8.49. The quantitative estimate of drug-likeness (QED) is 0.0675. The van der Waals surface area contributed by atoms with E-state index < -0.39 is 17.8 Å². The van der Waals surface area contributed by atoms with Crippen molar-refractivity contribution >= 4 is 16.9 Å². The third kappa shape index (κ3) is 9.68. The lowest BCUT2D eigenvalue weighted by Gasteiger charge is -2.46. The van der Waals surface area contributed by atoms with Gasteiger partial charge in [0.1, 0.15) is 11.7 Å². The molecule has 0 aliphatic carbocycles. The molecule has 0 saturated carbocycles. The molecule has 1 aliphatic rings. The highest BCUT2D eigenvalue weighted by atomic mass is 16.5. The molecule has 0 N–H and O–H groups in total. The molecule has 3 atom stereocenters. The number of hydrogen-bond acceptors (Lipinski definition) is 6. The van der Waals surface area contributed by atoms with Gasteiger partial charge in [-0.15, -0.1) is 0 Å². The predicted molar refractivity (Wildman–Crippen MR) is 233 cm³/mol. The summed E-state index contributed by atoms with van der Waals surface area (Å²) in [7, 11) is 0. The van der Waals surface area contributed by atoms with Gasteiger partial charge in [-0.2, -0.15) is 0 Å². The summed E-state index contributed by atoms with van der Waals surface area (Å²) in [5.74, 6) is -0.500. The van der Waals surface area contributed by atoms with Gasteiger partial charge >= 0.3 is 0 Å². The Hall–Kier alpha value is -6.09. The molecule has 7 nitrogen and oxygen atoms in total. The van der Waals surface area contributed by atoms with E-state index in [1.807, 2.05) is 97.1 Å². The van der Waals surface area contributed by atoms with Gasteiger partial charge in [0.25, 0.3) is 0 Å². The van der Waals surface area contributed by atoms with Crippen molar-refractivity contribution in [1.82, 2.24) is 4.90 Å². The van der Waals surface area contributed by atoms with E-state index in [1.54, 1.807) is 0 Å². The Morgan fingerprint density at radius 2 is 1.05 bits per heavy atom. The van der Waals surface area contributed by atoms with E-state index in [1.165, 1.54) is 4.90 Å². The van der Waals surface area contributed by atoms with Crippen LogP contribution in [0.4, 0.5) is 4.79 Å². The van der Waals surface area contributed by atoms with Crippen LogP contribution in [0.25, 0.3) is 10.8 Å². The zero-order chi connectivity index (χ0) is 41.0. The summed E-state index contributed by atoms with van der Waals surface area (Å²) in [5, 5.41) is 15.0. The number of carboxylic acid groups (broad SMARTS) is 1. The Morgan fingerprint density at radius 1 is 0.550 bits per heavy atom. The Morgan fingerprint density at radius 3 is 1.62 bits per heavy atom. The fourth-order valence-electron chi connectivity index (χ4n) is 8.49. The Balaban J connectivity index is 1.08. The average molecular weight is 797 g/mol. The first-order valence-electron chi connectivity index (χ1n) is 20.7. The maximum atomic E-state index is 12.8. The summed E-state index contributed by atoms with van der Waals surface area (Å²) in [4.78, 5) is 14.1. The van der Waals surface area contributed by atoms with Crippen molar-refractivity contribution in [2.24, 2.45) is 5.92 Å². The molecule has 1 saturated heterocycles. The van der Waals surface area contributed by atoms with Gasteiger partial charge in [0.2, 0.25) is 0 Å². The van der Waals surface area contributed by atoms with Crippen molar-refractivity contribution < 1.29 is 28.8 Å². The molecule has 7 aromatic carbocycles. The molecular formula is C53H50NO6-. The van der Waals surface area contributed by atoms with Crippen LogP contribution in [0.15, 0.2) is 188 Å². The number of nitrogens with zero attached hydrogens (tertiary/aromatic N) is 1. The van der Waals surface area contributed by atoms with Crippen LogP contribution in [-0.4, -0.2) is 50.0 Å². The van der Waals surface area contributed by atoms with Crippen LogP contribution in [0.2, 0.25) is 0 Å². The Kier molecular flexibility index (Phi) is 13.4. The minimum atomic E-state index is -1.22. The van der Waals surface area contributed by atoms with Gasteiger partial charge in [-0.3, -0.25) is 0 Å². The predicted octanol–water partition coefficient (Wildman–Crippen LogP) is 9.53. The summed E-state index contributed by atoms with van der Waals surface area (Å²) in [5.41, 5.74) is 6.18. The number of fused-ring (bicyclic) bond motifs is 1. The Labute approximate surface area is 352 Å². The molecule has 8 rings (SSSR count). The standard InChI is InChI=1S/C53H51NO6/c55-52(56)54-34-46(39-60-53(47-19-7-2-8-20-47,48-21-9-3-10-22-48)49-23-11-4-12-24-49)51(50(35-54)59-38-42-27-28-43-17-13-14-18-45(43)33-42)44-29-25-41(26-30-44)37-58-32-31-57-36-40-15-5-1-6-16-40/h1-30,33,46,50-51H,31-32,34-39H2,(H,55,56)/p-1. The van der Waals surface area contributed by atoms with Crippen LogP contribution in [0, 0.1) is 5.92 Å². The van der Waals surface area contributed by atoms with E-state index in [-0.39, 0.29) is 31.5 Å². The lowest BCUT2D eigenvalue weighted by Crippen LogP contribution is -2.56. The molecular weight excluding hydrogens is 747 g/mol. The van der Waals surface area contributed by atoms with Crippen molar-refractivity contribution in [2.45, 2.75) is 37.4 Å². The number of carbonyl (C=O) groups is 1. The van der Waals surface area contributed by atoms with Crippen molar-refractivity contribution in [3.8, 4) is 0 Å². The molecule has 0 bridgehead atoms. The second kappa shape index (κ2) is 19.8. The van der Waals surface area contributed by atoms with Gasteiger partial charge in [-0.1, -0.05) is 182 Å². The lowest BCUT2D eigenvalue weighted by atomic mass is 9.77. The molecule has 1 aliphatic heterocycles. The van der Waals surface area contributed by atoms with Crippen LogP contribution in [0.5, 0.6) is 0 Å². The van der Waals surface area contributed by atoms with Crippen LogP contribution in [0.1, 0.15) is 44.9 Å². The first-order valence-corrected chi connectivity index (χ1v) is 20.7. The monoisotopic (exact) mass is 796 g/mol. The minimum Gasteiger partial charge on any atom is -0.530 e. The molecule has 3 unspecified atom stereocenters. The van der Waals surface area contributed by atoms with Gasteiger partial charge in [0.15, 0.2) is 0 Å². The van der Waals surface area contributed by atoms with Crippen LogP contribution < -0.4 is 5.11 Å². The summed E-state index contributed by atoms with van der Waals surface area (Å²) < 4.78 is 26.0. The smallest absolute Gasteiger partial charge is 0.143 e.